The van der Waals surface area contributed by atoms with E-state index in [4.69, 9.17) is 0 Å². The molecule has 1 nitrogen and oxygen atoms in total. The van der Waals surface area contributed by atoms with Gasteiger partial charge in [-0.25, -0.2) is 0 Å². The van der Waals surface area contributed by atoms with Gasteiger partial charge in [0, 0.05) is 0 Å². The number of hydrogen-bond acceptors (Lipinski definition) is 1. The Bertz CT molecular complexity index is 140. The average molecular weight is 214 g/mol. The maximum Gasteiger partial charge on any atom is 0.0545 e. The number of rotatable bonds is 9. The lowest BCUT2D eigenvalue weighted by molar-refractivity contribution is 0.101. The SMILES string of the molecule is CCCCCCCC(O)CC(C)(C)CC. The van der Waals surface area contributed by atoms with E-state index in [2.05, 4.69) is 27.7 Å². The molecule has 0 aromatic rings. The van der Waals surface area contributed by atoms with E-state index in [1.165, 1.54) is 32.1 Å². The second kappa shape index (κ2) is 8.15. The molecule has 0 aromatic heterocycles. The molecule has 1 atom stereocenters. The van der Waals surface area contributed by atoms with Gasteiger partial charge in [0.05, 0.1) is 6.10 Å². The molecule has 15 heavy (non-hydrogen) atoms. The molecule has 0 bridgehead atoms. The van der Waals surface area contributed by atoms with Crippen LogP contribution in [0.25, 0.3) is 0 Å². The van der Waals surface area contributed by atoms with Crippen molar-refractivity contribution < 1.29 is 5.11 Å². The third-order valence-electron chi connectivity index (χ3n) is 3.39. The third kappa shape index (κ3) is 8.92. The van der Waals surface area contributed by atoms with Gasteiger partial charge in [-0.2, -0.15) is 0 Å². The Morgan fingerprint density at radius 2 is 1.60 bits per heavy atom. The Morgan fingerprint density at radius 3 is 2.13 bits per heavy atom. The quantitative estimate of drug-likeness (QED) is 0.559. The molecule has 0 saturated heterocycles. The summed E-state index contributed by atoms with van der Waals surface area (Å²) in [6.07, 6.45) is 9.48. The summed E-state index contributed by atoms with van der Waals surface area (Å²) in [6, 6.07) is 0. The molecule has 0 radical (unpaired) electrons. The van der Waals surface area contributed by atoms with Crippen molar-refractivity contribution in [3.05, 3.63) is 0 Å². The maximum absolute atomic E-state index is 9.87. The summed E-state index contributed by atoms with van der Waals surface area (Å²) in [4.78, 5) is 0. The van der Waals surface area contributed by atoms with Gasteiger partial charge in [0.25, 0.3) is 0 Å². The van der Waals surface area contributed by atoms with Gasteiger partial charge in [-0.05, 0) is 18.3 Å². The molecular formula is C14H30O. The standard InChI is InChI=1S/C14H30O/c1-5-7-8-9-10-11-13(15)12-14(3,4)6-2/h13,15H,5-12H2,1-4H3. The molecule has 0 saturated carbocycles. The van der Waals surface area contributed by atoms with Crippen LogP contribution in [-0.4, -0.2) is 11.2 Å². The zero-order chi connectivity index (χ0) is 11.7. The largest absolute Gasteiger partial charge is 0.393 e. The van der Waals surface area contributed by atoms with Crippen LogP contribution in [0.4, 0.5) is 0 Å². The normalized spacial score (nSPS) is 14.2. The van der Waals surface area contributed by atoms with Crippen LogP contribution in [0.1, 0.15) is 79.1 Å². The Morgan fingerprint density at radius 1 is 1.00 bits per heavy atom. The van der Waals surface area contributed by atoms with Gasteiger partial charge in [0.15, 0.2) is 0 Å². The summed E-state index contributed by atoms with van der Waals surface area (Å²) in [5, 5.41) is 9.87. The van der Waals surface area contributed by atoms with Crippen molar-refractivity contribution in [1.29, 1.82) is 0 Å². The van der Waals surface area contributed by atoms with Crippen molar-refractivity contribution in [3.8, 4) is 0 Å². The second-order valence-electron chi connectivity index (χ2n) is 5.58. The van der Waals surface area contributed by atoms with Crippen LogP contribution in [0.5, 0.6) is 0 Å². The highest BCUT2D eigenvalue weighted by Crippen LogP contribution is 2.27. The van der Waals surface area contributed by atoms with E-state index in [1.807, 2.05) is 0 Å². The Balaban J connectivity index is 3.45. The average Bonchev–Trinajstić information content (AvgIpc) is 2.17. The molecule has 1 heteroatoms. The van der Waals surface area contributed by atoms with Crippen LogP contribution in [0.2, 0.25) is 0 Å². The van der Waals surface area contributed by atoms with Gasteiger partial charge in [0.2, 0.25) is 0 Å². The summed E-state index contributed by atoms with van der Waals surface area (Å²) in [7, 11) is 0. The van der Waals surface area contributed by atoms with Crippen molar-refractivity contribution in [2.45, 2.75) is 85.2 Å². The van der Waals surface area contributed by atoms with Gasteiger partial charge in [-0.3, -0.25) is 0 Å². The fourth-order valence-corrected chi connectivity index (χ4v) is 1.87. The van der Waals surface area contributed by atoms with Crippen LogP contribution >= 0.6 is 0 Å². The number of unbranched alkanes of at least 4 members (excludes halogenated alkanes) is 4. The van der Waals surface area contributed by atoms with E-state index in [0.717, 1.165) is 19.3 Å². The summed E-state index contributed by atoms with van der Waals surface area (Å²) in [6.45, 7) is 8.92. The second-order valence-corrected chi connectivity index (χ2v) is 5.58. The minimum Gasteiger partial charge on any atom is -0.393 e. The molecule has 92 valence electrons. The van der Waals surface area contributed by atoms with Crippen molar-refractivity contribution in [3.63, 3.8) is 0 Å². The summed E-state index contributed by atoms with van der Waals surface area (Å²) in [5.74, 6) is 0. The molecule has 0 rings (SSSR count). The van der Waals surface area contributed by atoms with Crippen LogP contribution in [-0.2, 0) is 0 Å². The fraction of sp³-hybridized carbons (Fsp3) is 1.00. The van der Waals surface area contributed by atoms with Gasteiger partial charge >= 0.3 is 0 Å². The van der Waals surface area contributed by atoms with Crippen molar-refractivity contribution in [1.82, 2.24) is 0 Å². The van der Waals surface area contributed by atoms with Gasteiger partial charge in [0.1, 0.15) is 0 Å². The highest BCUT2D eigenvalue weighted by molar-refractivity contribution is 4.71. The van der Waals surface area contributed by atoms with Gasteiger partial charge in [-0.1, -0.05) is 66.2 Å². The Hall–Kier alpha value is -0.0400. The first-order valence-corrected chi connectivity index (χ1v) is 6.70. The fourth-order valence-electron chi connectivity index (χ4n) is 1.87. The summed E-state index contributed by atoms with van der Waals surface area (Å²) in [5.41, 5.74) is 0.308. The van der Waals surface area contributed by atoms with E-state index in [-0.39, 0.29) is 6.10 Å². The Labute approximate surface area is 96.3 Å². The first-order chi connectivity index (χ1) is 7.02. The lowest BCUT2D eigenvalue weighted by Gasteiger charge is -2.25. The Kier molecular flexibility index (Phi) is 8.13. The molecule has 1 unspecified atom stereocenters. The highest BCUT2D eigenvalue weighted by atomic mass is 16.3. The zero-order valence-electron chi connectivity index (χ0n) is 11.2. The number of aliphatic hydroxyl groups excluding tert-OH is 1. The van der Waals surface area contributed by atoms with Crippen molar-refractivity contribution >= 4 is 0 Å². The molecule has 0 amide bonds. The highest BCUT2D eigenvalue weighted by Gasteiger charge is 2.19. The van der Waals surface area contributed by atoms with Crippen LogP contribution in [0, 0.1) is 5.41 Å². The van der Waals surface area contributed by atoms with Crippen molar-refractivity contribution in [2.24, 2.45) is 5.41 Å². The smallest absolute Gasteiger partial charge is 0.0545 e. The van der Waals surface area contributed by atoms with E-state index in [0.29, 0.717) is 5.41 Å². The third-order valence-corrected chi connectivity index (χ3v) is 3.39. The van der Waals surface area contributed by atoms with E-state index >= 15 is 0 Å². The first-order valence-electron chi connectivity index (χ1n) is 6.70. The molecular weight excluding hydrogens is 184 g/mol. The van der Waals surface area contributed by atoms with Crippen LogP contribution < -0.4 is 0 Å². The summed E-state index contributed by atoms with van der Waals surface area (Å²) >= 11 is 0. The lowest BCUT2D eigenvalue weighted by atomic mass is 9.83. The minimum atomic E-state index is -0.0819. The van der Waals surface area contributed by atoms with Gasteiger partial charge < -0.3 is 5.11 Å². The monoisotopic (exact) mass is 214 g/mol. The van der Waals surface area contributed by atoms with Crippen LogP contribution in [0.15, 0.2) is 0 Å². The summed E-state index contributed by atoms with van der Waals surface area (Å²) < 4.78 is 0. The van der Waals surface area contributed by atoms with E-state index in [9.17, 15) is 5.11 Å². The van der Waals surface area contributed by atoms with Crippen LogP contribution in [0.3, 0.4) is 0 Å². The molecule has 0 heterocycles. The molecule has 0 spiro atoms. The molecule has 0 aliphatic heterocycles. The zero-order valence-corrected chi connectivity index (χ0v) is 11.2. The topological polar surface area (TPSA) is 20.2 Å². The molecule has 0 aliphatic rings. The molecule has 1 N–H and O–H groups in total. The lowest BCUT2D eigenvalue weighted by Crippen LogP contribution is -2.19. The van der Waals surface area contributed by atoms with Gasteiger partial charge in [-0.15, -0.1) is 0 Å². The molecule has 0 aromatic carbocycles. The minimum absolute atomic E-state index is 0.0819. The van der Waals surface area contributed by atoms with E-state index < -0.39 is 0 Å². The molecule has 0 fully saturated rings. The number of hydrogen-bond donors (Lipinski definition) is 1. The molecule has 0 aliphatic carbocycles. The number of aliphatic hydroxyl groups is 1. The van der Waals surface area contributed by atoms with Crippen molar-refractivity contribution in [2.75, 3.05) is 0 Å². The van der Waals surface area contributed by atoms with E-state index in [1.54, 1.807) is 0 Å². The maximum atomic E-state index is 9.87. The predicted octanol–water partition coefficient (Wildman–Crippen LogP) is 4.53. The predicted molar refractivity (Wildman–Crippen MR) is 68.1 cm³/mol. The first kappa shape index (κ1) is 15.0.